The third kappa shape index (κ3) is 10.5. The second-order valence-electron chi connectivity index (χ2n) is 8.12. The lowest BCUT2D eigenvalue weighted by molar-refractivity contribution is 0.320. The fourth-order valence-electron chi connectivity index (χ4n) is 3.07. The zero-order chi connectivity index (χ0) is 19.4. The Kier molecular flexibility index (Phi) is 10.4. The van der Waals surface area contributed by atoms with Crippen molar-refractivity contribution >= 4 is 0 Å². The monoisotopic (exact) mass is 354 g/mol. The van der Waals surface area contributed by atoms with E-state index in [2.05, 4.69) is 64.8 Å². The minimum atomic E-state index is 0.130. The highest BCUT2D eigenvalue weighted by molar-refractivity contribution is 5.10. The van der Waals surface area contributed by atoms with Crippen LogP contribution < -0.4 is 0 Å². The molecule has 0 bridgehead atoms. The van der Waals surface area contributed by atoms with E-state index >= 15 is 0 Å². The Bertz CT molecular complexity index is 578. The molecule has 0 aromatic rings. The van der Waals surface area contributed by atoms with Crippen molar-refractivity contribution in [3.63, 3.8) is 0 Å². The number of allylic oxidation sites excluding steroid dienone is 8. The van der Waals surface area contributed by atoms with Crippen LogP contribution in [0.1, 0.15) is 86.0 Å². The number of ether oxygens (including phenoxy) is 1. The van der Waals surface area contributed by atoms with E-state index in [1.165, 1.54) is 23.1 Å². The third-order valence-corrected chi connectivity index (χ3v) is 5.07. The van der Waals surface area contributed by atoms with Crippen molar-refractivity contribution in [1.82, 2.24) is 0 Å². The summed E-state index contributed by atoms with van der Waals surface area (Å²) < 4.78 is 5.65. The highest BCUT2D eigenvalue weighted by atomic mass is 16.6. The number of rotatable bonds is 12. The van der Waals surface area contributed by atoms with E-state index in [1.807, 2.05) is 0 Å². The van der Waals surface area contributed by atoms with Gasteiger partial charge in [-0.1, -0.05) is 46.9 Å². The summed E-state index contributed by atoms with van der Waals surface area (Å²) >= 11 is 0. The van der Waals surface area contributed by atoms with Gasteiger partial charge in [0, 0.05) is 0 Å². The predicted octanol–water partition coefficient (Wildman–Crippen LogP) is 7.31. The van der Waals surface area contributed by atoms with Gasteiger partial charge in [-0.2, -0.15) is 0 Å². The van der Waals surface area contributed by atoms with Gasteiger partial charge in [-0.25, -0.2) is 0 Å². The predicted molar refractivity (Wildman–Crippen MR) is 115 cm³/mol. The van der Waals surface area contributed by atoms with Gasteiger partial charge in [-0.3, -0.25) is 0 Å². The highest BCUT2D eigenvalue weighted by Gasteiger charge is 2.46. The van der Waals surface area contributed by atoms with Crippen LogP contribution in [0, 0.1) is 12.3 Å². The number of hydrogen-bond donors (Lipinski definition) is 0. The van der Waals surface area contributed by atoms with Crippen molar-refractivity contribution in [1.29, 1.82) is 0 Å². The van der Waals surface area contributed by atoms with Crippen molar-refractivity contribution in [2.75, 3.05) is 0 Å². The maximum atomic E-state index is 5.65. The summed E-state index contributed by atoms with van der Waals surface area (Å²) in [5.41, 5.74) is 4.59. The Labute approximate surface area is 162 Å². The van der Waals surface area contributed by atoms with Gasteiger partial charge in [0.05, 0.1) is 11.7 Å². The van der Waals surface area contributed by atoms with Crippen molar-refractivity contribution < 1.29 is 4.74 Å². The van der Waals surface area contributed by atoms with E-state index in [4.69, 9.17) is 11.2 Å². The smallest absolute Gasteiger partial charge is 0.0892 e. The summed E-state index contributed by atoms with van der Waals surface area (Å²) in [6.07, 6.45) is 25.7. The first kappa shape index (κ1) is 22.5. The van der Waals surface area contributed by atoms with Crippen LogP contribution in [-0.4, -0.2) is 11.7 Å². The van der Waals surface area contributed by atoms with Crippen LogP contribution in [0.2, 0.25) is 0 Å². The van der Waals surface area contributed by atoms with Gasteiger partial charge in [0.15, 0.2) is 0 Å². The molecule has 1 unspecified atom stereocenters. The van der Waals surface area contributed by atoms with Crippen LogP contribution >= 0.6 is 0 Å². The molecule has 1 nitrogen and oxygen atoms in total. The van der Waals surface area contributed by atoms with Gasteiger partial charge in [-0.05, 0) is 92.1 Å². The standard InChI is InChI=1S/C25H38O/c1-7-8-9-10-14-21(2)15-11-12-16-22(3)17-13-18-23(4)19-20-24-25(5,6)26-24/h1,8-9,15-16,18,24H,10-14,17,19-20H2,2-6H3/b9-8+,21-15+,22-16+,23-18+. The number of hydrogen-bond acceptors (Lipinski definition) is 1. The first-order valence-electron chi connectivity index (χ1n) is 10.1. The van der Waals surface area contributed by atoms with Gasteiger partial charge in [0.2, 0.25) is 0 Å². The van der Waals surface area contributed by atoms with Crippen LogP contribution in [-0.2, 0) is 4.74 Å². The molecule has 0 aliphatic carbocycles. The average Bonchev–Trinajstić information content (AvgIpc) is 3.20. The van der Waals surface area contributed by atoms with Gasteiger partial charge in [0.1, 0.15) is 0 Å². The van der Waals surface area contributed by atoms with Crippen LogP contribution in [0.15, 0.2) is 47.1 Å². The molecule has 0 saturated carbocycles. The third-order valence-electron chi connectivity index (χ3n) is 5.07. The molecule has 26 heavy (non-hydrogen) atoms. The minimum absolute atomic E-state index is 0.130. The molecule has 0 aromatic heterocycles. The molecular formula is C25H38O. The van der Waals surface area contributed by atoms with Gasteiger partial charge >= 0.3 is 0 Å². The molecule has 1 heterocycles. The van der Waals surface area contributed by atoms with Crippen LogP contribution in [0.5, 0.6) is 0 Å². The molecule has 0 radical (unpaired) electrons. The van der Waals surface area contributed by atoms with Crippen molar-refractivity contribution in [2.45, 2.75) is 97.7 Å². The molecular weight excluding hydrogens is 316 g/mol. The lowest BCUT2D eigenvalue weighted by Crippen LogP contribution is -2.02. The average molecular weight is 355 g/mol. The normalized spacial score (nSPS) is 20.5. The van der Waals surface area contributed by atoms with Gasteiger partial charge < -0.3 is 4.74 Å². The van der Waals surface area contributed by atoms with Crippen LogP contribution in [0.4, 0.5) is 0 Å². The maximum Gasteiger partial charge on any atom is 0.0892 e. The zero-order valence-corrected chi connectivity index (χ0v) is 17.6. The molecule has 0 aromatic carbocycles. The number of terminal acetylenes is 1. The molecule has 0 spiro atoms. The summed E-state index contributed by atoms with van der Waals surface area (Å²) in [5, 5.41) is 0. The van der Waals surface area contributed by atoms with Crippen molar-refractivity contribution in [3.05, 3.63) is 47.1 Å². The summed E-state index contributed by atoms with van der Waals surface area (Å²) in [6.45, 7) is 11.1. The maximum absolute atomic E-state index is 5.65. The largest absolute Gasteiger partial charge is 0.367 e. The molecule has 1 aliphatic rings. The fraction of sp³-hybridized carbons (Fsp3) is 0.600. The summed E-state index contributed by atoms with van der Waals surface area (Å²) in [4.78, 5) is 0. The SMILES string of the molecule is C#C/C=C/CC/C(C)=C/CC/C=C(\C)CC/C=C(\C)CCC1OC1(C)C. The van der Waals surface area contributed by atoms with E-state index in [-0.39, 0.29) is 5.60 Å². The lowest BCUT2D eigenvalue weighted by atomic mass is 10.0. The Morgan fingerprint density at radius 3 is 1.92 bits per heavy atom. The molecule has 144 valence electrons. The molecule has 1 atom stereocenters. The topological polar surface area (TPSA) is 12.5 Å². The van der Waals surface area contributed by atoms with Gasteiger partial charge in [-0.15, -0.1) is 6.42 Å². The second kappa shape index (κ2) is 12.0. The van der Waals surface area contributed by atoms with E-state index < -0.39 is 0 Å². The molecule has 1 saturated heterocycles. The molecule has 1 rings (SSSR count). The summed E-state index contributed by atoms with van der Waals surface area (Å²) in [5.74, 6) is 2.53. The van der Waals surface area contributed by atoms with Crippen LogP contribution in [0.25, 0.3) is 0 Å². The highest BCUT2D eigenvalue weighted by Crippen LogP contribution is 2.38. The first-order valence-corrected chi connectivity index (χ1v) is 10.1. The van der Waals surface area contributed by atoms with E-state index in [9.17, 15) is 0 Å². The molecule has 0 N–H and O–H groups in total. The summed E-state index contributed by atoms with van der Waals surface area (Å²) in [6, 6.07) is 0. The molecule has 1 heteroatoms. The van der Waals surface area contributed by atoms with Crippen LogP contribution in [0.3, 0.4) is 0 Å². The molecule has 1 aliphatic heterocycles. The van der Waals surface area contributed by atoms with E-state index in [0.717, 1.165) is 44.9 Å². The minimum Gasteiger partial charge on any atom is -0.367 e. The Hall–Kier alpha value is -1.52. The van der Waals surface area contributed by atoms with Gasteiger partial charge in [0.25, 0.3) is 0 Å². The van der Waals surface area contributed by atoms with Crippen molar-refractivity contribution in [3.8, 4) is 12.3 Å². The Morgan fingerprint density at radius 1 is 0.885 bits per heavy atom. The Morgan fingerprint density at radius 2 is 1.38 bits per heavy atom. The first-order chi connectivity index (χ1) is 12.3. The molecule has 0 amide bonds. The quantitative estimate of drug-likeness (QED) is 0.155. The Balaban J connectivity index is 2.14. The lowest BCUT2D eigenvalue weighted by Gasteiger charge is -2.02. The molecule has 1 fully saturated rings. The number of unbranched alkanes of at least 4 members (excludes halogenated alkanes) is 1. The van der Waals surface area contributed by atoms with E-state index in [1.54, 1.807) is 6.08 Å². The summed E-state index contributed by atoms with van der Waals surface area (Å²) in [7, 11) is 0. The van der Waals surface area contributed by atoms with Crippen molar-refractivity contribution in [2.24, 2.45) is 0 Å². The van der Waals surface area contributed by atoms with E-state index in [0.29, 0.717) is 6.10 Å². The fourth-order valence-corrected chi connectivity index (χ4v) is 3.07. The number of epoxide rings is 1. The zero-order valence-electron chi connectivity index (χ0n) is 17.6. The second-order valence-corrected chi connectivity index (χ2v) is 8.12.